The Balaban J connectivity index is 1.86. The van der Waals surface area contributed by atoms with E-state index in [0.717, 1.165) is 5.56 Å². The Morgan fingerprint density at radius 1 is 1.11 bits per heavy atom. The summed E-state index contributed by atoms with van der Waals surface area (Å²) >= 11 is 0. The number of hydrogen-bond donors (Lipinski definition) is 1. The minimum absolute atomic E-state index is 0.228. The molecule has 0 amide bonds. The summed E-state index contributed by atoms with van der Waals surface area (Å²) in [5.74, 6) is -1.57. The highest BCUT2D eigenvalue weighted by molar-refractivity contribution is 5.91. The van der Waals surface area contributed by atoms with E-state index in [-0.39, 0.29) is 12.0 Å². The lowest BCUT2D eigenvalue weighted by Crippen LogP contribution is -2.27. The Kier molecular flexibility index (Phi) is 5.72. The van der Waals surface area contributed by atoms with Gasteiger partial charge in [-0.15, -0.1) is 0 Å². The molecule has 0 radical (unpaired) electrons. The molecule has 0 bridgehead atoms. The van der Waals surface area contributed by atoms with Crippen molar-refractivity contribution in [1.82, 2.24) is 0 Å². The van der Waals surface area contributed by atoms with E-state index in [1.165, 1.54) is 6.92 Å². The Hall–Kier alpha value is -2.92. The van der Waals surface area contributed by atoms with Crippen LogP contribution in [0.25, 0.3) is 0 Å². The fourth-order valence-corrected chi connectivity index (χ4v) is 3.42. The summed E-state index contributed by atoms with van der Waals surface area (Å²) in [6.07, 6.45) is -1.94. The second-order valence-corrected chi connectivity index (χ2v) is 6.59. The van der Waals surface area contributed by atoms with E-state index in [9.17, 15) is 14.7 Å². The minimum atomic E-state index is -0.941. The maximum Gasteiger partial charge on any atom is 0.334 e. The standard InChI is InChI=1S/C22H22O5/c1-14-20(21(24)17-11-7-4-8-12-17)19(27-22(14)25)13-18(26-15(2)23)16-9-5-3-6-10-16/h3-12,18-21,24H,1,13H2,2H3/t18-,19-,20+,21+/m1/s1. The van der Waals surface area contributed by atoms with Crippen LogP contribution in [0.3, 0.4) is 0 Å². The van der Waals surface area contributed by atoms with Gasteiger partial charge in [0.1, 0.15) is 12.2 Å². The average molecular weight is 366 g/mol. The lowest BCUT2D eigenvalue weighted by Gasteiger charge is -2.26. The second-order valence-electron chi connectivity index (χ2n) is 6.59. The average Bonchev–Trinajstić information content (AvgIpc) is 2.95. The van der Waals surface area contributed by atoms with Crippen molar-refractivity contribution in [3.8, 4) is 0 Å². The predicted octanol–water partition coefficient (Wildman–Crippen LogP) is 3.51. The van der Waals surface area contributed by atoms with Crippen LogP contribution in [0.2, 0.25) is 0 Å². The van der Waals surface area contributed by atoms with Crippen LogP contribution in [-0.4, -0.2) is 23.1 Å². The summed E-state index contributed by atoms with van der Waals surface area (Å²) in [5, 5.41) is 10.8. The number of rotatable bonds is 6. The van der Waals surface area contributed by atoms with Gasteiger partial charge in [-0.3, -0.25) is 4.79 Å². The fraction of sp³-hybridized carbons (Fsp3) is 0.273. The largest absolute Gasteiger partial charge is 0.458 e. The van der Waals surface area contributed by atoms with Crippen LogP contribution in [0.4, 0.5) is 0 Å². The van der Waals surface area contributed by atoms with Gasteiger partial charge in [0.05, 0.1) is 12.0 Å². The number of hydrogen-bond acceptors (Lipinski definition) is 5. The van der Waals surface area contributed by atoms with Gasteiger partial charge >= 0.3 is 11.9 Å². The van der Waals surface area contributed by atoms with Gasteiger partial charge in [-0.05, 0) is 11.1 Å². The molecule has 0 aromatic heterocycles. The maximum absolute atomic E-state index is 12.1. The molecule has 1 saturated heterocycles. The highest BCUT2D eigenvalue weighted by Gasteiger charge is 2.44. The van der Waals surface area contributed by atoms with E-state index < -0.39 is 36.2 Å². The molecule has 2 aromatic carbocycles. The fourth-order valence-electron chi connectivity index (χ4n) is 3.42. The molecule has 1 N–H and O–H groups in total. The van der Waals surface area contributed by atoms with Crippen LogP contribution in [0.1, 0.15) is 36.7 Å². The van der Waals surface area contributed by atoms with Crippen molar-refractivity contribution in [3.05, 3.63) is 83.9 Å². The van der Waals surface area contributed by atoms with Crippen LogP contribution in [0.5, 0.6) is 0 Å². The molecule has 1 aliphatic heterocycles. The van der Waals surface area contributed by atoms with E-state index in [0.29, 0.717) is 5.56 Å². The highest BCUT2D eigenvalue weighted by Crippen LogP contribution is 2.41. The van der Waals surface area contributed by atoms with Crippen LogP contribution < -0.4 is 0 Å². The van der Waals surface area contributed by atoms with Gasteiger partial charge in [-0.2, -0.15) is 0 Å². The number of cyclic esters (lactones) is 1. The summed E-state index contributed by atoms with van der Waals surface area (Å²) in [6.45, 7) is 5.15. The van der Waals surface area contributed by atoms with Crippen LogP contribution >= 0.6 is 0 Å². The molecule has 5 nitrogen and oxygen atoms in total. The molecular formula is C22H22O5. The normalized spacial score (nSPS) is 21.4. The molecule has 0 spiro atoms. The smallest absolute Gasteiger partial charge is 0.334 e. The Labute approximate surface area is 158 Å². The molecule has 1 aliphatic rings. The van der Waals surface area contributed by atoms with Crippen LogP contribution in [0, 0.1) is 5.92 Å². The summed E-state index contributed by atoms with van der Waals surface area (Å²) in [5.41, 5.74) is 1.70. The zero-order valence-electron chi connectivity index (χ0n) is 15.1. The zero-order chi connectivity index (χ0) is 19.4. The number of aliphatic hydroxyl groups is 1. The first-order chi connectivity index (χ1) is 13.0. The van der Waals surface area contributed by atoms with Gasteiger partial charge in [0.2, 0.25) is 0 Å². The molecule has 0 unspecified atom stereocenters. The molecule has 4 atom stereocenters. The molecule has 3 rings (SSSR count). The number of benzene rings is 2. The first kappa shape index (κ1) is 18.9. The molecule has 0 aliphatic carbocycles. The number of esters is 2. The molecule has 27 heavy (non-hydrogen) atoms. The summed E-state index contributed by atoms with van der Waals surface area (Å²) < 4.78 is 10.9. The van der Waals surface area contributed by atoms with Crippen molar-refractivity contribution in [2.75, 3.05) is 0 Å². The molecule has 2 aromatic rings. The SMILES string of the molecule is C=C1C(=O)O[C@H](C[C@@H](OC(C)=O)c2ccccc2)[C@H]1[C@@H](O)c1ccccc1. The Bertz CT molecular complexity index is 815. The van der Waals surface area contributed by atoms with Gasteiger partial charge in [-0.25, -0.2) is 4.79 Å². The third kappa shape index (κ3) is 4.26. The summed E-state index contributed by atoms with van der Waals surface area (Å²) in [4.78, 5) is 23.7. The van der Waals surface area contributed by atoms with Crippen LogP contribution in [0.15, 0.2) is 72.8 Å². The molecule has 0 saturated carbocycles. The second kappa shape index (κ2) is 8.18. The number of carbonyl (C=O) groups excluding carboxylic acids is 2. The van der Waals surface area contributed by atoms with Gasteiger partial charge < -0.3 is 14.6 Å². The Morgan fingerprint density at radius 3 is 2.22 bits per heavy atom. The lowest BCUT2D eigenvalue weighted by atomic mass is 9.84. The van der Waals surface area contributed by atoms with Crippen molar-refractivity contribution in [3.63, 3.8) is 0 Å². The first-order valence-electron chi connectivity index (χ1n) is 8.82. The number of aliphatic hydroxyl groups excluding tert-OH is 1. The highest BCUT2D eigenvalue weighted by atomic mass is 16.6. The number of ether oxygens (including phenoxy) is 2. The molecule has 1 heterocycles. The molecule has 140 valence electrons. The van der Waals surface area contributed by atoms with Crippen LogP contribution in [-0.2, 0) is 19.1 Å². The third-order valence-electron chi connectivity index (χ3n) is 4.73. The van der Waals surface area contributed by atoms with E-state index in [4.69, 9.17) is 9.47 Å². The molecule has 1 fully saturated rings. The predicted molar refractivity (Wildman–Crippen MR) is 99.5 cm³/mol. The van der Waals surface area contributed by atoms with Crippen molar-refractivity contribution in [1.29, 1.82) is 0 Å². The van der Waals surface area contributed by atoms with E-state index in [1.54, 1.807) is 12.1 Å². The van der Waals surface area contributed by atoms with E-state index in [2.05, 4.69) is 6.58 Å². The molecular weight excluding hydrogens is 344 g/mol. The quantitative estimate of drug-likeness (QED) is 0.626. The van der Waals surface area contributed by atoms with E-state index >= 15 is 0 Å². The number of carbonyl (C=O) groups is 2. The topological polar surface area (TPSA) is 72.8 Å². The van der Waals surface area contributed by atoms with Crippen molar-refractivity contribution >= 4 is 11.9 Å². The first-order valence-corrected chi connectivity index (χ1v) is 8.82. The lowest BCUT2D eigenvalue weighted by molar-refractivity contribution is -0.150. The zero-order valence-corrected chi connectivity index (χ0v) is 15.1. The van der Waals surface area contributed by atoms with Gasteiger partial charge in [0, 0.05) is 18.9 Å². The Morgan fingerprint density at radius 2 is 1.67 bits per heavy atom. The molecule has 5 heteroatoms. The van der Waals surface area contributed by atoms with E-state index in [1.807, 2.05) is 48.5 Å². The van der Waals surface area contributed by atoms with Gasteiger partial charge in [0.15, 0.2) is 0 Å². The van der Waals surface area contributed by atoms with Gasteiger partial charge in [-0.1, -0.05) is 67.2 Å². The van der Waals surface area contributed by atoms with Crippen molar-refractivity contribution < 1.29 is 24.2 Å². The minimum Gasteiger partial charge on any atom is -0.458 e. The third-order valence-corrected chi connectivity index (χ3v) is 4.73. The summed E-state index contributed by atoms with van der Waals surface area (Å²) in [7, 11) is 0. The monoisotopic (exact) mass is 366 g/mol. The summed E-state index contributed by atoms with van der Waals surface area (Å²) in [6, 6.07) is 18.3. The van der Waals surface area contributed by atoms with Crippen molar-refractivity contribution in [2.24, 2.45) is 5.92 Å². The van der Waals surface area contributed by atoms with Gasteiger partial charge in [0.25, 0.3) is 0 Å². The van der Waals surface area contributed by atoms with Crippen molar-refractivity contribution in [2.45, 2.75) is 31.7 Å². The maximum atomic E-state index is 12.1.